The second kappa shape index (κ2) is 3.68. The number of carbonyl (C=O) groups excluding carboxylic acids is 1. The zero-order chi connectivity index (χ0) is 9.97. The number of rotatable bonds is 2. The molecule has 0 amide bonds. The maximum absolute atomic E-state index is 10.2. The molecule has 2 nitrogen and oxygen atoms in total. The van der Waals surface area contributed by atoms with Gasteiger partial charge < -0.3 is 4.98 Å². The molecule has 0 saturated carbocycles. The van der Waals surface area contributed by atoms with Gasteiger partial charge in [-0.3, -0.25) is 4.79 Å². The maximum Gasteiger partial charge on any atom is 0.144 e. The molecule has 0 spiro atoms. The Bertz CT molecular complexity index is 466. The Morgan fingerprint density at radius 1 is 1.36 bits per heavy atom. The topological polar surface area (TPSA) is 32.9 Å². The molecule has 0 bridgehead atoms. The first kappa shape index (κ1) is 9.03. The van der Waals surface area contributed by atoms with E-state index >= 15 is 0 Å². The normalized spacial score (nSPS) is 11.9. The van der Waals surface area contributed by atoms with Gasteiger partial charge in [-0.2, -0.15) is 0 Å². The number of hydrogen-bond donors (Lipinski definition) is 1. The molecule has 0 saturated heterocycles. The fourth-order valence-corrected chi connectivity index (χ4v) is 1.50. The van der Waals surface area contributed by atoms with Crippen LogP contribution in [0, 0.1) is 0 Å². The van der Waals surface area contributed by atoms with Crippen molar-refractivity contribution in [1.29, 1.82) is 0 Å². The quantitative estimate of drug-likeness (QED) is 0.594. The van der Waals surface area contributed by atoms with Gasteiger partial charge in [-0.15, -0.1) is 0 Å². The molecule has 0 unspecified atom stereocenters. The van der Waals surface area contributed by atoms with Crippen LogP contribution in [0.25, 0.3) is 15.9 Å². The minimum atomic E-state index is 0.427. The van der Waals surface area contributed by atoms with Crippen molar-refractivity contribution in [2.24, 2.45) is 0 Å². The van der Waals surface area contributed by atoms with Crippen LogP contribution in [0.2, 0.25) is 0 Å². The van der Waals surface area contributed by atoms with Crippen molar-refractivity contribution < 1.29 is 4.79 Å². The van der Waals surface area contributed by atoms with Crippen LogP contribution in [-0.2, 0) is 4.79 Å². The Hall–Kier alpha value is -1.54. The minimum Gasteiger partial charge on any atom is -0.354 e. The second-order valence-electron chi connectivity index (χ2n) is 2.92. The molecular weight excluding hydrogens is 198 g/mol. The average Bonchev–Trinajstić information content (AvgIpc) is 2.61. The summed E-state index contributed by atoms with van der Waals surface area (Å²) in [6.45, 7) is 0. The number of hydrogen-bond acceptors (Lipinski definition) is 1. The lowest BCUT2D eigenvalue weighted by Crippen LogP contribution is -1.75. The second-order valence-corrected chi connectivity index (χ2v) is 3.33. The number of nitrogens with one attached hydrogen (secondary N) is 1. The van der Waals surface area contributed by atoms with Gasteiger partial charge in [0.05, 0.1) is 10.7 Å². The molecule has 2 aromatic rings. The lowest BCUT2D eigenvalue weighted by molar-refractivity contribution is -0.104. The number of para-hydroxylation sites is 1. The van der Waals surface area contributed by atoms with Crippen LogP contribution in [0.4, 0.5) is 0 Å². The van der Waals surface area contributed by atoms with E-state index in [1.165, 1.54) is 6.08 Å². The highest BCUT2D eigenvalue weighted by molar-refractivity contribution is 6.49. The van der Waals surface area contributed by atoms with E-state index in [1.807, 2.05) is 30.3 Å². The highest BCUT2D eigenvalue weighted by atomic mass is 35.5. The summed E-state index contributed by atoms with van der Waals surface area (Å²) in [6, 6.07) is 9.76. The molecule has 2 rings (SSSR count). The molecule has 0 atom stereocenters. The molecule has 0 aliphatic carbocycles. The number of halogens is 1. The van der Waals surface area contributed by atoms with Crippen molar-refractivity contribution in [1.82, 2.24) is 4.98 Å². The molecule has 1 heterocycles. The van der Waals surface area contributed by atoms with E-state index in [4.69, 9.17) is 11.6 Å². The van der Waals surface area contributed by atoms with Crippen LogP contribution in [0.15, 0.2) is 36.4 Å². The summed E-state index contributed by atoms with van der Waals surface area (Å²) < 4.78 is 0. The zero-order valence-corrected chi connectivity index (χ0v) is 8.08. The number of allylic oxidation sites excluding steroid dienone is 1. The fraction of sp³-hybridized carbons (Fsp3) is 0. The summed E-state index contributed by atoms with van der Waals surface area (Å²) in [6.07, 6.45) is 2.00. The van der Waals surface area contributed by atoms with Crippen LogP contribution in [0.5, 0.6) is 0 Å². The Labute approximate surface area is 86.2 Å². The van der Waals surface area contributed by atoms with Crippen LogP contribution in [0.3, 0.4) is 0 Å². The van der Waals surface area contributed by atoms with Crippen molar-refractivity contribution in [2.45, 2.75) is 0 Å². The first-order valence-electron chi connectivity index (χ1n) is 4.20. The van der Waals surface area contributed by atoms with Gasteiger partial charge in [0, 0.05) is 10.9 Å². The third-order valence-electron chi connectivity index (χ3n) is 2.00. The monoisotopic (exact) mass is 205 g/mol. The standard InChI is InChI=1S/C11H8ClNO/c12-9(5-6-14)11-7-8-3-1-2-4-10(8)13-11/h1-7,13H. The van der Waals surface area contributed by atoms with E-state index in [1.54, 1.807) is 0 Å². The molecule has 0 radical (unpaired) electrons. The average molecular weight is 206 g/mol. The smallest absolute Gasteiger partial charge is 0.144 e. The Morgan fingerprint density at radius 2 is 2.14 bits per heavy atom. The number of aldehydes is 1. The predicted molar refractivity (Wildman–Crippen MR) is 58.2 cm³/mol. The number of H-pyrrole nitrogens is 1. The minimum absolute atomic E-state index is 0.427. The number of aromatic nitrogens is 1. The number of carbonyl (C=O) groups is 1. The third-order valence-corrected chi connectivity index (χ3v) is 2.33. The molecule has 0 aliphatic rings. The molecule has 0 aliphatic heterocycles. The van der Waals surface area contributed by atoms with E-state index in [9.17, 15) is 4.79 Å². The number of aromatic amines is 1. The highest BCUT2D eigenvalue weighted by Gasteiger charge is 2.02. The van der Waals surface area contributed by atoms with Gasteiger partial charge in [0.2, 0.25) is 0 Å². The lowest BCUT2D eigenvalue weighted by atomic mass is 10.2. The Balaban J connectivity index is 2.55. The largest absolute Gasteiger partial charge is 0.354 e. The molecule has 14 heavy (non-hydrogen) atoms. The van der Waals surface area contributed by atoms with Gasteiger partial charge in [0.1, 0.15) is 6.29 Å². The SMILES string of the molecule is O=CC=C(Cl)c1cc2ccccc2[nH]1. The molecule has 3 heteroatoms. The molecule has 1 aromatic heterocycles. The summed E-state index contributed by atoms with van der Waals surface area (Å²) in [5.74, 6) is 0. The summed E-state index contributed by atoms with van der Waals surface area (Å²) >= 11 is 5.88. The third kappa shape index (κ3) is 1.56. The Kier molecular flexibility index (Phi) is 2.37. The van der Waals surface area contributed by atoms with Gasteiger partial charge in [-0.05, 0) is 18.2 Å². The van der Waals surface area contributed by atoms with Crippen molar-refractivity contribution in [2.75, 3.05) is 0 Å². The van der Waals surface area contributed by atoms with Crippen LogP contribution < -0.4 is 0 Å². The first-order valence-corrected chi connectivity index (χ1v) is 4.58. The number of fused-ring (bicyclic) bond motifs is 1. The Morgan fingerprint density at radius 3 is 2.86 bits per heavy atom. The highest BCUT2D eigenvalue weighted by Crippen LogP contribution is 2.22. The summed E-state index contributed by atoms with van der Waals surface area (Å²) in [4.78, 5) is 13.4. The van der Waals surface area contributed by atoms with Crippen LogP contribution in [-0.4, -0.2) is 11.3 Å². The molecular formula is C11H8ClNO. The van der Waals surface area contributed by atoms with E-state index in [2.05, 4.69) is 4.98 Å². The first-order chi connectivity index (χ1) is 6.81. The van der Waals surface area contributed by atoms with Crippen molar-refractivity contribution in [3.63, 3.8) is 0 Å². The molecule has 1 N–H and O–H groups in total. The molecule has 0 fully saturated rings. The van der Waals surface area contributed by atoms with Gasteiger partial charge in [-0.1, -0.05) is 29.8 Å². The van der Waals surface area contributed by atoms with E-state index in [0.29, 0.717) is 11.3 Å². The lowest BCUT2D eigenvalue weighted by Gasteiger charge is -1.89. The van der Waals surface area contributed by atoms with Crippen LogP contribution >= 0.6 is 11.6 Å². The molecule has 70 valence electrons. The summed E-state index contributed by atoms with van der Waals surface area (Å²) in [7, 11) is 0. The maximum atomic E-state index is 10.2. The predicted octanol–water partition coefficient (Wildman–Crippen LogP) is 2.95. The van der Waals surface area contributed by atoms with Crippen molar-refractivity contribution >= 4 is 33.8 Å². The number of benzene rings is 1. The zero-order valence-electron chi connectivity index (χ0n) is 7.33. The summed E-state index contributed by atoms with van der Waals surface area (Å²) in [5.41, 5.74) is 1.78. The van der Waals surface area contributed by atoms with Crippen molar-refractivity contribution in [3.8, 4) is 0 Å². The van der Waals surface area contributed by atoms with Gasteiger partial charge in [0.25, 0.3) is 0 Å². The summed E-state index contributed by atoms with van der Waals surface area (Å²) in [5, 5.41) is 1.51. The molecule has 1 aromatic carbocycles. The van der Waals surface area contributed by atoms with Gasteiger partial charge in [0.15, 0.2) is 0 Å². The van der Waals surface area contributed by atoms with Crippen molar-refractivity contribution in [3.05, 3.63) is 42.1 Å². The van der Waals surface area contributed by atoms with E-state index < -0.39 is 0 Å². The van der Waals surface area contributed by atoms with Gasteiger partial charge >= 0.3 is 0 Å². The van der Waals surface area contributed by atoms with E-state index in [-0.39, 0.29) is 0 Å². The van der Waals surface area contributed by atoms with Gasteiger partial charge in [-0.25, -0.2) is 0 Å². The van der Waals surface area contributed by atoms with E-state index in [0.717, 1.165) is 16.6 Å². The fourth-order valence-electron chi connectivity index (χ4n) is 1.35. The van der Waals surface area contributed by atoms with Crippen LogP contribution in [0.1, 0.15) is 5.69 Å².